The van der Waals surface area contributed by atoms with Crippen LogP contribution in [-0.4, -0.2) is 26.4 Å². The molecule has 4 heteroatoms. The minimum absolute atomic E-state index is 0.0804. The van der Waals surface area contributed by atoms with Crippen molar-refractivity contribution in [1.29, 1.82) is 0 Å². The first-order valence-corrected chi connectivity index (χ1v) is 6.64. The average molecular weight is 223 g/mol. The summed E-state index contributed by atoms with van der Waals surface area (Å²) in [6, 6.07) is 8.55. The Hall–Kier alpha value is -1.16. The molecule has 0 aromatic heterocycles. The van der Waals surface area contributed by atoms with Crippen molar-refractivity contribution in [3.8, 4) is 0 Å². The number of aliphatic imine (C=N–C) groups is 1. The highest BCUT2D eigenvalue weighted by atomic mass is 32.2. The molecule has 1 aromatic rings. The Kier molecular flexibility index (Phi) is 2.86. The monoisotopic (exact) mass is 223 g/mol. The lowest BCUT2D eigenvalue weighted by atomic mass is 10.3. The predicted molar refractivity (Wildman–Crippen MR) is 60.0 cm³/mol. The van der Waals surface area contributed by atoms with Gasteiger partial charge in [0.05, 0.1) is 10.6 Å². The third kappa shape index (κ3) is 2.45. The Morgan fingerprint density at radius 1 is 1.20 bits per heavy atom. The Bertz CT molecular complexity index is 463. The molecule has 1 aromatic carbocycles. The maximum absolute atomic E-state index is 11.9. The first-order chi connectivity index (χ1) is 7.18. The van der Waals surface area contributed by atoms with E-state index in [9.17, 15) is 8.42 Å². The largest absolute Gasteiger partial charge is 0.293 e. The van der Waals surface area contributed by atoms with E-state index in [1.54, 1.807) is 24.3 Å². The van der Waals surface area contributed by atoms with Crippen LogP contribution in [0.4, 0.5) is 0 Å². The molecular weight excluding hydrogens is 210 g/mol. The van der Waals surface area contributed by atoms with Crippen LogP contribution in [0.5, 0.6) is 0 Å². The average Bonchev–Trinajstić information content (AvgIpc) is 2.71. The molecule has 0 saturated carbocycles. The fourth-order valence-electron chi connectivity index (χ4n) is 1.65. The van der Waals surface area contributed by atoms with E-state index in [4.69, 9.17) is 0 Å². The summed E-state index contributed by atoms with van der Waals surface area (Å²) in [4.78, 5) is 4.57. The van der Waals surface area contributed by atoms with Gasteiger partial charge in [0, 0.05) is 12.3 Å². The van der Waals surface area contributed by atoms with Crippen molar-refractivity contribution in [2.75, 3.05) is 12.3 Å². The van der Waals surface area contributed by atoms with E-state index < -0.39 is 9.84 Å². The quantitative estimate of drug-likeness (QED) is 0.783. The second kappa shape index (κ2) is 4.14. The lowest BCUT2D eigenvalue weighted by molar-refractivity contribution is 0.599. The van der Waals surface area contributed by atoms with E-state index in [1.165, 1.54) is 0 Å². The van der Waals surface area contributed by atoms with E-state index >= 15 is 0 Å². The molecule has 0 spiro atoms. The Morgan fingerprint density at radius 3 is 2.53 bits per heavy atom. The van der Waals surface area contributed by atoms with Gasteiger partial charge >= 0.3 is 0 Å². The molecule has 2 rings (SSSR count). The molecule has 80 valence electrons. The molecule has 1 aliphatic rings. The molecule has 1 aliphatic heterocycles. The van der Waals surface area contributed by atoms with Gasteiger partial charge in [0.15, 0.2) is 9.84 Å². The molecule has 0 N–H and O–H groups in total. The standard InChI is InChI=1S/C11H13NO2S/c13-15(14,9-10-5-4-8-12-10)11-6-2-1-3-7-11/h1-3,6-7H,4-5,8-9H2. The van der Waals surface area contributed by atoms with E-state index in [0.29, 0.717) is 4.90 Å². The first-order valence-electron chi connectivity index (χ1n) is 4.98. The summed E-state index contributed by atoms with van der Waals surface area (Å²) >= 11 is 0. The van der Waals surface area contributed by atoms with Crippen molar-refractivity contribution >= 4 is 15.5 Å². The van der Waals surface area contributed by atoms with Gasteiger partial charge in [-0.2, -0.15) is 0 Å². The summed E-state index contributed by atoms with van der Waals surface area (Å²) in [5.41, 5.74) is 0.818. The fraction of sp³-hybridized carbons (Fsp3) is 0.364. The summed E-state index contributed by atoms with van der Waals surface area (Å²) in [6.07, 6.45) is 1.81. The van der Waals surface area contributed by atoms with Crippen LogP contribution in [0.2, 0.25) is 0 Å². The normalized spacial score (nSPS) is 16.4. The second-order valence-electron chi connectivity index (χ2n) is 3.62. The van der Waals surface area contributed by atoms with Crippen molar-refractivity contribution < 1.29 is 8.42 Å². The summed E-state index contributed by atoms with van der Waals surface area (Å²) < 4.78 is 23.8. The minimum Gasteiger partial charge on any atom is -0.293 e. The second-order valence-corrected chi connectivity index (χ2v) is 5.61. The molecule has 15 heavy (non-hydrogen) atoms. The van der Waals surface area contributed by atoms with Crippen LogP contribution < -0.4 is 0 Å². The first kappa shape index (κ1) is 10.4. The molecule has 0 fully saturated rings. The van der Waals surface area contributed by atoms with Gasteiger partial charge in [0.2, 0.25) is 0 Å². The fourth-order valence-corrected chi connectivity index (χ4v) is 3.06. The van der Waals surface area contributed by atoms with Crippen LogP contribution in [0.15, 0.2) is 40.2 Å². The smallest absolute Gasteiger partial charge is 0.183 e. The summed E-state index contributed by atoms with van der Waals surface area (Å²) in [6.45, 7) is 0.777. The van der Waals surface area contributed by atoms with E-state index in [1.807, 2.05) is 6.07 Å². The highest BCUT2D eigenvalue weighted by molar-refractivity contribution is 7.92. The molecule has 1 heterocycles. The highest BCUT2D eigenvalue weighted by Crippen LogP contribution is 2.13. The molecule has 0 unspecified atom stereocenters. The van der Waals surface area contributed by atoms with Crippen molar-refractivity contribution in [3.63, 3.8) is 0 Å². The third-order valence-corrected chi connectivity index (χ3v) is 4.12. The molecule has 0 saturated heterocycles. The van der Waals surface area contributed by atoms with Crippen LogP contribution in [0.25, 0.3) is 0 Å². The SMILES string of the molecule is O=S(=O)(CC1=NCCC1)c1ccccc1. The van der Waals surface area contributed by atoms with Crippen LogP contribution >= 0.6 is 0 Å². The van der Waals surface area contributed by atoms with Gasteiger partial charge in [-0.05, 0) is 25.0 Å². The lowest BCUT2D eigenvalue weighted by Gasteiger charge is -2.03. The van der Waals surface area contributed by atoms with E-state index in [2.05, 4.69) is 4.99 Å². The van der Waals surface area contributed by atoms with Gasteiger partial charge in [-0.15, -0.1) is 0 Å². The van der Waals surface area contributed by atoms with E-state index in [-0.39, 0.29) is 5.75 Å². The maximum Gasteiger partial charge on any atom is 0.183 e. The molecular formula is C11H13NO2S. The molecule has 0 radical (unpaired) electrons. The highest BCUT2D eigenvalue weighted by Gasteiger charge is 2.18. The topological polar surface area (TPSA) is 46.5 Å². The van der Waals surface area contributed by atoms with Gasteiger partial charge in [-0.1, -0.05) is 18.2 Å². The zero-order chi connectivity index (χ0) is 10.7. The Balaban J connectivity index is 2.21. The Labute approximate surface area is 89.8 Å². The summed E-state index contributed by atoms with van der Waals surface area (Å²) in [7, 11) is -3.17. The molecule has 3 nitrogen and oxygen atoms in total. The van der Waals surface area contributed by atoms with Crippen molar-refractivity contribution in [2.45, 2.75) is 17.7 Å². The van der Waals surface area contributed by atoms with Crippen LogP contribution in [-0.2, 0) is 9.84 Å². The molecule has 0 aliphatic carbocycles. The number of sulfone groups is 1. The van der Waals surface area contributed by atoms with Gasteiger partial charge in [-0.3, -0.25) is 4.99 Å². The van der Waals surface area contributed by atoms with Gasteiger partial charge in [0.1, 0.15) is 0 Å². The number of hydrogen-bond donors (Lipinski definition) is 0. The van der Waals surface area contributed by atoms with Gasteiger partial charge in [0.25, 0.3) is 0 Å². The van der Waals surface area contributed by atoms with Crippen LogP contribution in [0.1, 0.15) is 12.8 Å². The maximum atomic E-state index is 11.9. The van der Waals surface area contributed by atoms with Gasteiger partial charge < -0.3 is 0 Å². The Morgan fingerprint density at radius 2 is 1.93 bits per heavy atom. The molecule has 0 bridgehead atoms. The number of rotatable bonds is 3. The molecule has 0 atom stereocenters. The van der Waals surface area contributed by atoms with E-state index in [0.717, 1.165) is 25.1 Å². The number of nitrogens with zero attached hydrogens (tertiary/aromatic N) is 1. The lowest BCUT2D eigenvalue weighted by Crippen LogP contribution is -2.14. The zero-order valence-corrected chi connectivity index (χ0v) is 9.20. The number of hydrogen-bond acceptors (Lipinski definition) is 3. The van der Waals surface area contributed by atoms with Crippen molar-refractivity contribution in [2.24, 2.45) is 4.99 Å². The predicted octanol–water partition coefficient (Wildman–Crippen LogP) is 1.70. The van der Waals surface area contributed by atoms with Crippen LogP contribution in [0.3, 0.4) is 0 Å². The van der Waals surface area contributed by atoms with Gasteiger partial charge in [-0.25, -0.2) is 8.42 Å². The van der Waals surface area contributed by atoms with Crippen molar-refractivity contribution in [1.82, 2.24) is 0 Å². The minimum atomic E-state index is -3.17. The third-order valence-electron chi connectivity index (χ3n) is 2.42. The zero-order valence-electron chi connectivity index (χ0n) is 8.39. The summed E-state index contributed by atoms with van der Waals surface area (Å²) in [5.74, 6) is 0.0804. The molecule has 0 amide bonds. The summed E-state index contributed by atoms with van der Waals surface area (Å²) in [5, 5.41) is 0. The number of benzene rings is 1. The van der Waals surface area contributed by atoms with Crippen molar-refractivity contribution in [3.05, 3.63) is 30.3 Å². The van der Waals surface area contributed by atoms with Crippen LogP contribution in [0, 0.1) is 0 Å².